The molecule has 0 spiro atoms. The van der Waals surface area contributed by atoms with Gasteiger partial charge < -0.3 is 10.1 Å². The fraction of sp³-hybridized carbons (Fsp3) is 0.174. The second-order valence-electron chi connectivity index (χ2n) is 6.99. The van der Waals surface area contributed by atoms with Crippen molar-refractivity contribution in [3.05, 3.63) is 83.9 Å². The number of aryl methyl sites for hydroxylation is 2. The molecule has 3 aromatic carbocycles. The number of hydrogen-bond acceptors (Lipinski definition) is 4. The summed E-state index contributed by atoms with van der Waals surface area (Å²) in [6.07, 6.45) is -0.706. The first kappa shape index (κ1) is 21.4. The van der Waals surface area contributed by atoms with Gasteiger partial charge in [-0.25, -0.2) is 8.42 Å². The molecule has 1 atom stereocenters. The Morgan fingerprint density at radius 3 is 2.13 bits per heavy atom. The molecule has 0 fully saturated rings. The van der Waals surface area contributed by atoms with Crippen LogP contribution < -0.4 is 14.8 Å². The highest BCUT2D eigenvalue weighted by Crippen LogP contribution is 2.21. The maximum Gasteiger partial charge on any atom is 0.265 e. The van der Waals surface area contributed by atoms with E-state index in [-0.39, 0.29) is 10.8 Å². The number of ether oxygens (including phenoxy) is 1. The van der Waals surface area contributed by atoms with Gasteiger partial charge in [-0.3, -0.25) is 9.52 Å². The lowest BCUT2D eigenvalue weighted by Gasteiger charge is -2.15. The van der Waals surface area contributed by atoms with Crippen molar-refractivity contribution in [3.8, 4) is 5.75 Å². The summed E-state index contributed by atoms with van der Waals surface area (Å²) in [5, 5.41) is 2.72. The Morgan fingerprint density at radius 1 is 0.867 bits per heavy atom. The Balaban J connectivity index is 1.64. The predicted molar refractivity (Wildman–Crippen MR) is 118 cm³/mol. The highest BCUT2D eigenvalue weighted by Gasteiger charge is 2.17. The van der Waals surface area contributed by atoms with Gasteiger partial charge in [0.1, 0.15) is 5.75 Å². The van der Waals surface area contributed by atoms with Crippen molar-refractivity contribution in [1.29, 1.82) is 0 Å². The average Bonchev–Trinajstić information content (AvgIpc) is 2.71. The van der Waals surface area contributed by atoms with E-state index in [1.54, 1.807) is 43.3 Å². The second-order valence-corrected chi connectivity index (χ2v) is 8.67. The van der Waals surface area contributed by atoms with Gasteiger partial charge in [0.15, 0.2) is 6.10 Å². The van der Waals surface area contributed by atoms with Crippen LogP contribution in [0.3, 0.4) is 0 Å². The minimum atomic E-state index is -3.73. The Morgan fingerprint density at radius 2 is 1.50 bits per heavy atom. The summed E-state index contributed by atoms with van der Waals surface area (Å²) < 4.78 is 33.4. The smallest absolute Gasteiger partial charge is 0.265 e. The van der Waals surface area contributed by atoms with Crippen LogP contribution in [0.5, 0.6) is 5.75 Å². The summed E-state index contributed by atoms with van der Waals surface area (Å²) in [5.41, 5.74) is 3.07. The summed E-state index contributed by atoms with van der Waals surface area (Å²) in [5.74, 6) is 0.265. The first-order valence-electron chi connectivity index (χ1n) is 9.47. The van der Waals surface area contributed by atoms with Crippen LogP contribution in [0.2, 0.25) is 0 Å². The van der Waals surface area contributed by atoms with Gasteiger partial charge in [0.25, 0.3) is 15.9 Å². The maximum absolute atomic E-state index is 12.6. The third-order valence-corrected chi connectivity index (χ3v) is 6.01. The molecule has 6 nitrogen and oxygen atoms in total. The molecule has 1 amide bonds. The fourth-order valence-electron chi connectivity index (χ4n) is 2.74. The van der Waals surface area contributed by atoms with E-state index in [4.69, 9.17) is 4.74 Å². The summed E-state index contributed by atoms with van der Waals surface area (Å²) in [6.45, 7) is 5.54. The van der Waals surface area contributed by atoms with E-state index in [0.29, 0.717) is 17.1 Å². The van der Waals surface area contributed by atoms with E-state index < -0.39 is 16.1 Å². The summed E-state index contributed by atoms with van der Waals surface area (Å²) in [7, 11) is -3.73. The van der Waals surface area contributed by atoms with Gasteiger partial charge in [0.2, 0.25) is 0 Å². The molecule has 0 aliphatic heterocycles. The van der Waals surface area contributed by atoms with Crippen LogP contribution in [0.1, 0.15) is 18.1 Å². The van der Waals surface area contributed by atoms with Crippen LogP contribution in [0, 0.1) is 13.8 Å². The van der Waals surface area contributed by atoms with Crippen LogP contribution in [-0.2, 0) is 14.8 Å². The van der Waals surface area contributed by atoms with Crippen molar-refractivity contribution in [2.45, 2.75) is 31.8 Å². The molecule has 2 N–H and O–H groups in total. The summed E-state index contributed by atoms with van der Waals surface area (Å²) in [4.78, 5) is 12.4. The largest absolute Gasteiger partial charge is 0.481 e. The number of carbonyl (C=O) groups is 1. The lowest BCUT2D eigenvalue weighted by molar-refractivity contribution is -0.122. The molecule has 7 heteroatoms. The number of amides is 1. The molecule has 0 saturated heterocycles. The molecule has 0 aliphatic rings. The quantitative estimate of drug-likeness (QED) is 0.584. The number of para-hydroxylation sites is 1. The SMILES string of the molecule is Cc1ccc(NS(=O)(=O)c2ccc(NC(=O)[C@@H](C)Oc3ccccc3)cc2)cc1C. The molecule has 0 saturated carbocycles. The van der Waals surface area contributed by atoms with E-state index in [1.165, 1.54) is 12.1 Å². The van der Waals surface area contributed by atoms with Gasteiger partial charge in [0.05, 0.1) is 4.90 Å². The number of anilines is 2. The van der Waals surface area contributed by atoms with E-state index in [9.17, 15) is 13.2 Å². The van der Waals surface area contributed by atoms with Gasteiger partial charge in [-0.05, 0) is 80.4 Å². The van der Waals surface area contributed by atoms with Gasteiger partial charge >= 0.3 is 0 Å². The van der Waals surface area contributed by atoms with Gasteiger partial charge in [-0.1, -0.05) is 24.3 Å². The van der Waals surface area contributed by atoms with E-state index in [1.807, 2.05) is 38.1 Å². The van der Waals surface area contributed by atoms with Crippen LogP contribution in [-0.4, -0.2) is 20.4 Å². The number of sulfonamides is 1. The molecule has 0 aliphatic carbocycles. The van der Waals surface area contributed by atoms with Crippen molar-refractivity contribution in [3.63, 3.8) is 0 Å². The lowest BCUT2D eigenvalue weighted by atomic mass is 10.1. The number of rotatable bonds is 7. The molecule has 0 aromatic heterocycles. The first-order chi connectivity index (χ1) is 14.2. The van der Waals surface area contributed by atoms with E-state index in [2.05, 4.69) is 10.0 Å². The zero-order valence-corrected chi connectivity index (χ0v) is 17.9. The lowest BCUT2D eigenvalue weighted by Crippen LogP contribution is -2.30. The van der Waals surface area contributed by atoms with Crippen molar-refractivity contribution in [1.82, 2.24) is 0 Å². The average molecular weight is 425 g/mol. The van der Waals surface area contributed by atoms with Crippen molar-refractivity contribution in [2.24, 2.45) is 0 Å². The highest BCUT2D eigenvalue weighted by atomic mass is 32.2. The highest BCUT2D eigenvalue weighted by molar-refractivity contribution is 7.92. The Hall–Kier alpha value is -3.32. The zero-order chi connectivity index (χ0) is 21.7. The Bertz CT molecular complexity index is 1130. The topological polar surface area (TPSA) is 84.5 Å². The van der Waals surface area contributed by atoms with Crippen LogP contribution >= 0.6 is 0 Å². The van der Waals surface area contributed by atoms with Gasteiger partial charge in [0, 0.05) is 11.4 Å². The molecule has 30 heavy (non-hydrogen) atoms. The van der Waals surface area contributed by atoms with Crippen molar-refractivity contribution in [2.75, 3.05) is 10.0 Å². The molecular formula is C23H24N2O4S. The molecular weight excluding hydrogens is 400 g/mol. The second kappa shape index (κ2) is 9.00. The third-order valence-electron chi connectivity index (χ3n) is 4.62. The molecule has 0 heterocycles. The third kappa shape index (κ3) is 5.39. The minimum absolute atomic E-state index is 0.104. The van der Waals surface area contributed by atoms with Crippen LogP contribution in [0.15, 0.2) is 77.7 Å². The molecule has 3 rings (SSSR count). The molecule has 0 radical (unpaired) electrons. The van der Waals surface area contributed by atoms with E-state index >= 15 is 0 Å². The van der Waals surface area contributed by atoms with Gasteiger partial charge in [-0.2, -0.15) is 0 Å². The monoisotopic (exact) mass is 424 g/mol. The maximum atomic E-state index is 12.6. The standard InChI is InChI=1S/C23H24N2O4S/c1-16-9-10-20(15-17(16)2)25-30(27,28)22-13-11-19(12-14-22)24-23(26)18(3)29-21-7-5-4-6-8-21/h4-15,18,25H,1-3H3,(H,24,26)/t18-/m1/s1. The predicted octanol–water partition coefficient (Wildman–Crippen LogP) is 4.51. The summed E-state index contributed by atoms with van der Waals surface area (Å²) in [6, 6.07) is 20.4. The number of benzene rings is 3. The Labute approximate surface area is 177 Å². The van der Waals surface area contributed by atoms with Gasteiger partial charge in [-0.15, -0.1) is 0 Å². The zero-order valence-electron chi connectivity index (χ0n) is 17.0. The normalized spacial score (nSPS) is 12.1. The minimum Gasteiger partial charge on any atom is -0.481 e. The number of carbonyl (C=O) groups excluding carboxylic acids is 1. The fourth-order valence-corrected chi connectivity index (χ4v) is 3.79. The summed E-state index contributed by atoms with van der Waals surface area (Å²) >= 11 is 0. The Kier molecular flexibility index (Phi) is 6.42. The molecule has 0 bridgehead atoms. The van der Waals surface area contributed by atoms with E-state index in [0.717, 1.165) is 11.1 Å². The van der Waals surface area contributed by atoms with Crippen LogP contribution in [0.25, 0.3) is 0 Å². The van der Waals surface area contributed by atoms with Crippen molar-refractivity contribution >= 4 is 27.3 Å². The van der Waals surface area contributed by atoms with Crippen LogP contribution in [0.4, 0.5) is 11.4 Å². The molecule has 156 valence electrons. The first-order valence-corrected chi connectivity index (χ1v) is 11.0. The molecule has 3 aromatic rings. The van der Waals surface area contributed by atoms with Crippen molar-refractivity contribution < 1.29 is 17.9 Å². The number of nitrogens with one attached hydrogen (secondary N) is 2. The molecule has 0 unspecified atom stereocenters. The number of hydrogen-bond donors (Lipinski definition) is 2.